The third kappa shape index (κ3) is 4.82. The Bertz CT molecular complexity index is 505. The van der Waals surface area contributed by atoms with Gasteiger partial charge < -0.3 is 9.84 Å². The molecule has 1 aromatic rings. The zero-order chi connectivity index (χ0) is 15.1. The Hall–Kier alpha value is -1.95. The van der Waals surface area contributed by atoms with Crippen molar-refractivity contribution in [1.82, 2.24) is 5.01 Å². The average molecular weight is 291 g/mol. The number of ether oxygens (including phenoxy) is 1. The van der Waals surface area contributed by atoms with Crippen molar-refractivity contribution in [3.8, 4) is 0 Å². The van der Waals surface area contributed by atoms with E-state index in [0.29, 0.717) is 6.61 Å². The van der Waals surface area contributed by atoms with E-state index >= 15 is 0 Å². The van der Waals surface area contributed by atoms with E-state index in [0.717, 1.165) is 25.1 Å². The maximum absolute atomic E-state index is 10.4. The molecule has 0 spiro atoms. The quantitative estimate of drug-likeness (QED) is 0.747. The van der Waals surface area contributed by atoms with E-state index in [1.165, 1.54) is 5.56 Å². The predicted octanol–water partition coefficient (Wildman–Crippen LogP) is 2.46. The highest BCUT2D eigenvalue weighted by atomic mass is 16.5. The van der Waals surface area contributed by atoms with Crippen molar-refractivity contribution in [1.29, 1.82) is 0 Å². The maximum atomic E-state index is 10.4. The minimum atomic E-state index is -0.830. The van der Waals surface area contributed by atoms with Crippen molar-refractivity contribution in [3.05, 3.63) is 35.4 Å². The van der Waals surface area contributed by atoms with Crippen molar-refractivity contribution in [3.63, 3.8) is 0 Å². The van der Waals surface area contributed by atoms with Crippen LogP contribution in [0.4, 0.5) is 0 Å². The highest BCUT2D eigenvalue weighted by molar-refractivity contribution is 5.66. The third-order valence-electron chi connectivity index (χ3n) is 3.40. The normalized spacial score (nSPS) is 17.4. The summed E-state index contributed by atoms with van der Waals surface area (Å²) in [5.41, 5.74) is 2.34. The number of likely N-dealkylation sites (N-methyl/N-ethyl adjacent to an activating group) is 1. The van der Waals surface area contributed by atoms with Gasteiger partial charge in [-0.15, -0.1) is 0 Å². The summed E-state index contributed by atoms with van der Waals surface area (Å²) in [6, 6.07) is 8.37. The van der Waals surface area contributed by atoms with E-state index in [4.69, 9.17) is 9.84 Å². The molecule has 1 N–H and O–H groups in total. The molecule has 21 heavy (non-hydrogen) atoms. The fourth-order valence-corrected chi connectivity index (χ4v) is 2.18. The molecule has 1 unspecified atom stereocenters. The van der Waals surface area contributed by atoms with Crippen LogP contribution in [0.2, 0.25) is 0 Å². The van der Waals surface area contributed by atoms with Crippen LogP contribution in [0.25, 0.3) is 0 Å². The number of rotatable bonds is 8. The van der Waals surface area contributed by atoms with Gasteiger partial charge in [-0.05, 0) is 24.5 Å². The SMILES string of the molecule is CCN1CC(c2cccc(CCOCCC(=O)O)c2)N=N1. The number of aliphatic carboxylic acids is 1. The van der Waals surface area contributed by atoms with Crippen LogP contribution in [-0.4, -0.2) is 42.4 Å². The second kappa shape index (κ2) is 7.73. The van der Waals surface area contributed by atoms with Crippen molar-refractivity contribution in [2.45, 2.75) is 25.8 Å². The van der Waals surface area contributed by atoms with E-state index in [1.807, 2.05) is 17.1 Å². The Morgan fingerprint density at radius 3 is 3.05 bits per heavy atom. The zero-order valence-electron chi connectivity index (χ0n) is 12.2. The Balaban J connectivity index is 1.81. The fourth-order valence-electron chi connectivity index (χ4n) is 2.18. The van der Waals surface area contributed by atoms with Gasteiger partial charge in [0.1, 0.15) is 6.04 Å². The summed E-state index contributed by atoms with van der Waals surface area (Å²) in [6.07, 6.45) is 0.824. The Kier molecular flexibility index (Phi) is 5.68. The Morgan fingerprint density at radius 2 is 2.33 bits per heavy atom. The molecule has 2 rings (SSSR count). The molecule has 0 bridgehead atoms. The van der Waals surface area contributed by atoms with Crippen molar-refractivity contribution < 1.29 is 14.6 Å². The number of carboxylic acids is 1. The maximum Gasteiger partial charge on any atom is 0.305 e. The minimum Gasteiger partial charge on any atom is -0.481 e. The standard InChI is InChI=1S/C15H21N3O3/c1-2-18-11-14(16-17-18)13-5-3-4-12(10-13)6-8-21-9-7-15(19)20/h3-5,10,14H,2,6-9,11H2,1H3,(H,19,20). The van der Waals surface area contributed by atoms with E-state index < -0.39 is 5.97 Å². The van der Waals surface area contributed by atoms with Crippen LogP contribution in [0, 0.1) is 0 Å². The molecule has 0 aromatic heterocycles. The molecule has 0 aliphatic carbocycles. The van der Waals surface area contributed by atoms with Crippen molar-refractivity contribution in [2.75, 3.05) is 26.3 Å². The first-order chi connectivity index (χ1) is 10.2. The van der Waals surface area contributed by atoms with Crippen LogP contribution in [-0.2, 0) is 16.0 Å². The Morgan fingerprint density at radius 1 is 1.48 bits per heavy atom. The van der Waals surface area contributed by atoms with Crippen LogP contribution in [0.5, 0.6) is 0 Å². The number of benzene rings is 1. The van der Waals surface area contributed by atoms with Crippen molar-refractivity contribution >= 4 is 5.97 Å². The molecule has 1 atom stereocenters. The third-order valence-corrected chi connectivity index (χ3v) is 3.40. The first kappa shape index (κ1) is 15.4. The minimum absolute atomic E-state index is 0.0509. The van der Waals surface area contributed by atoms with Crippen molar-refractivity contribution in [2.24, 2.45) is 10.3 Å². The molecule has 0 radical (unpaired) electrons. The van der Waals surface area contributed by atoms with E-state index in [-0.39, 0.29) is 19.1 Å². The lowest BCUT2D eigenvalue weighted by Gasteiger charge is -2.12. The van der Waals surface area contributed by atoms with Gasteiger partial charge >= 0.3 is 5.97 Å². The number of nitrogens with zero attached hydrogens (tertiary/aromatic N) is 3. The molecule has 1 heterocycles. The van der Waals surface area contributed by atoms with Gasteiger partial charge in [-0.3, -0.25) is 9.80 Å². The summed E-state index contributed by atoms with van der Waals surface area (Å²) in [7, 11) is 0. The van der Waals surface area contributed by atoms with Gasteiger partial charge in [-0.2, -0.15) is 5.11 Å². The molecule has 1 aliphatic rings. The lowest BCUT2D eigenvalue weighted by Crippen LogP contribution is -2.16. The second-order valence-corrected chi connectivity index (χ2v) is 4.98. The molecule has 6 nitrogen and oxygen atoms in total. The summed E-state index contributed by atoms with van der Waals surface area (Å²) in [4.78, 5) is 10.4. The summed E-state index contributed by atoms with van der Waals surface area (Å²) in [6.45, 7) is 4.56. The molecular weight excluding hydrogens is 270 g/mol. The lowest BCUT2D eigenvalue weighted by atomic mass is 10.0. The molecule has 6 heteroatoms. The van der Waals surface area contributed by atoms with Crippen LogP contribution in [0.1, 0.15) is 30.5 Å². The van der Waals surface area contributed by atoms with Gasteiger partial charge in [0.05, 0.1) is 26.2 Å². The molecule has 0 fully saturated rings. The summed E-state index contributed by atoms with van der Waals surface area (Å²) in [5, 5.41) is 18.9. The van der Waals surface area contributed by atoms with Gasteiger partial charge in [-0.1, -0.05) is 29.5 Å². The number of carboxylic acid groups (broad SMARTS) is 1. The van der Waals surface area contributed by atoms with Crippen LogP contribution >= 0.6 is 0 Å². The van der Waals surface area contributed by atoms with E-state index in [9.17, 15) is 4.79 Å². The van der Waals surface area contributed by atoms with Gasteiger partial charge in [0.25, 0.3) is 0 Å². The lowest BCUT2D eigenvalue weighted by molar-refractivity contribution is -0.138. The molecule has 0 saturated carbocycles. The summed E-state index contributed by atoms with van der Waals surface area (Å²) >= 11 is 0. The number of hydrogen-bond acceptors (Lipinski definition) is 5. The monoisotopic (exact) mass is 291 g/mol. The van der Waals surface area contributed by atoms with Gasteiger partial charge in [0.15, 0.2) is 0 Å². The van der Waals surface area contributed by atoms with Gasteiger partial charge in [0, 0.05) is 6.54 Å². The van der Waals surface area contributed by atoms with Gasteiger partial charge in [-0.25, -0.2) is 0 Å². The fraction of sp³-hybridized carbons (Fsp3) is 0.533. The first-order valence-electron chi connectivity index (χ1n) is 7.23. The average Bonchev–Trinajstić information content (AvgIpc) is 2.96. The summed E-state index contributed by atoms with van der Waals surface area (Å²) in [5.74, 6) is -0.830. The van der Waals surface area contributed by atoms with Crippen LogP contribution < -0.4 is 0 Å². The molecule has 1 aliphatic heterocycles. The molecule has 114 valence electrons. The zero-order valence-corrected chi connectivity index (χ0v) is 12.2. The number of hydrogen-bond donors (Lipinski definition) is 1. The molecular formula is C15H21N3O3. The highest BCUT2D eigenvalue weighted by Gasteiger charge is 2.19. The topological polar surface area (TPSA) is 74.5 Å². The molecule has 0 saturated heterocycles. The van der Waals surface area contributed by atoms with Gasteiger partial charge in [0.2, 0.25) is 0 Å². The smallest absolute Gasteiger partial charge is 0.305 e. The first-order valence-corrected chi connectivity index (χ1v) is 7.23. The summed E-state index contributed by atoms with van der Waals surface area (Å²) < 4.78 is 5.32. The van der Waals surface area contributed by atoms with Crippen LogP contribution in [0.15, 0.2) is 34.6 Å². The number of carbonyl (C=O) groups is 1. The second-order valence-electron chi connectivity index (χ2n) is 4.98. The largest absolute Gasteiger partial charge is 0.481 e. The Labute approximate surface area is 124 Å². The predicted molar refractivity (Wildman–Crippen MR) is 78.1 cm³/mol. The molecule has 0 amide bonds. The highest BCUT2D eigenvalue weighted by Crippen LogP contribution is 2.25. The van der Waals surface area contributed by atoms with E-state index in [1.54, 1.807) is 0 Å². The molecule has 1 aromatic carbocycles. The van der Waals surface area contributed by atoms with E-state index in [2.05, 4.69) is 29.4 Å². The van der Waals surface area contributed by atoms with Crippen LogP contribution in [0.3, 0.4) is 0 Å².